The van der Waals surface area contributed by atoms with Gasteiger partial charge in [0.1, 0.15) is 0 Å². The SMILES string of the molecule is C[C@@H](O)[C@H](NC(=O)Nc1ccc(Cl)c(Cl)c1)C(=O)O. The van der Waals surface area contributed by atoms with Crippen molar-refractivity contribution in [3.63, 3.8) is 0 Å². The first-order valence-electron chi connectivity index (χ1n) is 5.24. The van der Waals surface area contributed by atoms with Crippen LogP contribution in [-0.4, -0.2) is 34.4 Å². The van der Waals surface area contributed by atoms with E-state index < -0.39 is 24.1 Å². The van der Waals surface area contributed by atoms with Crippen molar-refractivity contribution in [3.8, 4) is 0 Å². The Kier molecular flexibility index (Phi) is 5.41. The summed E-state index contributed by atoms with van der Waals surface area (Å²) in [5, 5.41) is 23.1. The Morgan fingerprint density at radius 3 is 2.37 bits per heavy atom. The number of aliphatic hydroxyl groups excluding tert-OH is 1. The zero-order valence-corrected chi connectivity index (χ0v) is 11.4. The molecule has 19 heavy (non-hydrogen) atoms. The smallest absolute Gasteiger partial charge is 0.328 e. The molecule has 0 bridgehead atoms. The number of carboxylic acid groups (broad SMARTS) is 1. The van der Waals surface area contributed by atoms with Crippen molar-refractivity contribution in [3.05, 3.63) is 28.2 Å². The number of rotatable bonds is 4. The second-order valence-electron chi connectivity index (χ2n) is 3.78. The summed E-state index contributed by atoms with van der Waals surface area (Å²) in [4.78, 5) is 22.3. The van der Waals surface area contributed by atoms with Crippen molar-refractivity contribution in [2.45, 2.75) is 19.1 Å². The number of hydrogen-bond donors (Lipinski definition) is 4. The number of carbonyl (C=O) groups excluding carboxylic acids is 1. The van der Waals surface area contributed by atoms with Gasteiger partial charge in [-0.1, -0.05) is 23.2 Å². The van der Waals surface area contributed by atoms with Crippen LogP contribution in [0.3, 0.4) is 0 Å². The van der Waals surface area contributed by atoms with Gasteiger partial charge in [0.05, 0.1) is 16.1 Å². The summed E-state index contributed by atoms with van der Waals surface area (Å²) in [5.74, 6) is -1.33. The van der Waals surface area contributed by atoms with Gasteiger partial charge in [-0.15, -0.1) is 0 Å². The average molecular weight is 307 g/mol. The number of benzene rings is 1. The lowest BCUT2D eigenvalue weighted by atomic mass is 10.2. The molecule has 0 saturated heterocycles. The molecule has 0 saturated carbocycles. The minimum atomic E-state index is -1.40. The van der Waals surface area contributed by atoms with E-state index >= 15 is 0 Å². The lowest BCUT2D eigenvalue weighted by Gasteiger charge is -2.17. The normalized spacial score (nSPS) is 13.5. The van der Waals surface area contributed by atoms with Gasteiger partial charge in [-0.05, 0) is 25.1 Å². The number of nitrogens with one attached hydrogen (secondary N) is 2. The molecular formula is C11H12Cl2N2O4. The molecule has 0 aliphatic heterocycles. The molecule has 0 heterocycles. The fourth-order valence-corrected chi connectivity index (χ4v) is 1.57. The molecule has 2 atom stereocenters. The predicted octanol–water partition coefficient (Wildman–Crippen LogP) is 1.95. The van der Waals surface area contributed by atoms with Crippen LogP contribution in [0.2, 0.25) is 10.0 Å². The molecule has 0 fully saturated rings. The topological polar surface area (TPSA) is 98.7 Å². The Labute approximate surface area is 119 Å². The van der Waals surface area contributed by atoms with Crippen LogP contribution in [0.4, 0.5) is 10.5 Å². The molecule has 1 rings (SSSR count). The quantitative estimate of drug-likeness (QED) is 0.683. The first-order valence-corrected chi connectivity index (χ1v) is 6.00. The molecule has 6 nitrogen and oxygen atoms in total. The third-order valence-electron chi connectivity index (χ3n) is 2.21. The lowest BCUT2D eigenvalue weighted by Crippen LogP contribution is -2.49. The van der Waals surface area contributed by atoms with Crippen LogP contribution in [0.25, 0.3) is 0 Å². The molecule has 1 aromatic rings. The Hall–Kier alpha value is -1.50. The van der Waals surface area contributed by atoms with Crippen molar-refractivity contribution in [1.82, 2.24) is 5.32 Å². The van der Waals surface area contributed by atoms with Crippen LogP contribution in [0.1, 0.15) is 6.92 Å². The average Bonchev–Trinajstić information content (AvgIpc) is 2.30. The van der Waals surface area contributed by atoms with Crippen molar-refractivity contribution in [2.24, 2.45) is 0 Å². The number of carboxylic acids is 1. The summed E-state index contributed by atoms with van der Waals surface area (Å²) in [5.41, 5.74) is 0.349. The highest BCUT2D eigenvalue weighted by atomic mass is 35.5. The number of aliphatic hydroxyl groups is 1. The van der Waals surface area contributed by atoms with Gasteiger partial charge in [0.25, 0.3) is 0 Å². The Bertz CT molecular complexity index is 494. The largest absolute Gasteiger partial charge is 0.480 e. The summed E-state index contributed by atoms with van der Waals surface area (Å²) in [6, 6.07) is 2.24. The Balaban J connectivity index is 2.69. The highest BCUT2D eigenvalue weighted by molar-refractivity contribution is 6.42. The number of amides is 2. The monoisotopic (exact) mass is 306 g/mol. The summed E-state index contributed by atoms with van der Waals surface area (Å²) < 4.78 is 0. The number of aliphatic carboxylic acids is 1. The van der Waals surface area contributed by atoms with Gasteiger partial charge in [0.2, 0.25) is 0 Å². The Morgan fingerprint density at radius 2 is 1.89 bits per heavy atom. The first-order chi connectivity index (χ1) is 8.81. The van der Waals surface area contributed by atoms with Crippen LogP contribution in [0, 0.1) is 0 Å². The van der Waals surface area contributed by atoms with E-state index in [2.05, 4.69) is 10.6 Å². The summed E-state index contributed by atoms with van der Waals surface area (Å²) in [6.07, 6.45) is -1.22. The number of urea groups is 1. The van der Waals surface area contributed by atoms with Crippen LogP contribution in [0.15, 0.2) is 18.2 Å². The van der Waals surface area contributed by atoms with Gasteiger partial charge in [0, 0.05) is 5.69 Å². The molecule has 8 heteroatoms. The number of halogens is 2. The molecule has 0 aliphatic carbocycles. The molecule has 4 N–H and O–H groups in total. The number of carbonyl (C=O) groups is 2. The molecule has 0 unspecified atom stereocenters. The van der Waals surface area contributed by atoms with Gasteiger partial charge in [-0.25, -0.2) is 9.59 Å². The van der Waals surface area contributed by atoms with E-state index in [1.165, 1.54) is 25.1 Å². The van der Waals surface area contributed by atoms with Crippen molar-refractivity contribution < 1.29 is 19.8 Å². The zero-order chi connectivity index (χ0) is 14.6. The fourth-order valence-electron chi connectivity index (χ4n) is 1.27. The van der Waals surface area contributed by atoms with Gasteiger partial charge < -0.3 is 20.8 Å². The van der Waals surface area contributed by atoms with Crippen LogP contribution in [0.5, 0.6) is 0 Å². The lowest BCUT2D eigenvalue weighted by molar-refractivity contribution is -0.141. The predicted molar refractivity (Wildman–Crippen MR) is 71.7 cm³/mol. The van der Waals surface area contributed by atoms with Crippen LogP contribution >= 0.6 is 23.2 Å². The van der Waals surface area contributed by atoms with E-state index in [1.807, 2.05) is 0 Å². The molecule has 1 aromatic carbocycles. The van der Waals surface area contributed by atoms with Gasteiger partial charge in [-0.2, -0.15) is 0 Å². The van der Waals surface area contributed by atoms with E-state index in [4.69, 9.17) is 28.3 Å². The zero-order valence-electron chi connectivity index (χ0n) is 9.85. The van der Waals surface area contributed by atoms with E-state index in [1.54, 1.807) is 0 Å². The van der Waals surface area contributed by atoms with Gasteiger partial charge >= 0.3 is 12.0 Å². The highest BCUT2D eigenvalue weighted by Crippen LogP contribution is 2.24. The van der Waals surface area contributed by atoms with Crippen LogP contribution < -0.4 is 10.6 Å². The summed E-state index contributed by atoms with van der Waals surface area (Å²) >= 11 is 11.5. The molecular weight excluding hydrogens is 295 g/mol. The second kappa shape index (κ2) is 6.60. The van der Waals surface area contributed by atoms with Gasteiger partial charge in [-0.3, -0.25) is 0 Å². The molecule has 0 spiro atoms. The first kappa shape index (κ1) is 15.6. The maximum atomic E-state index is 11.6. The van der Waals surface area contributed by atoms with E-state index in [9.17, 15) is 14.7 Å². The summed E-state index contributed by atoms with van der Waals surface area (Å²) in [6.45, 7) is 1.26. The fraction of sp³-hybridized carbons (Fsp3) is 0.273. The maximum Gasteiger partial charge on any atom is 0.328 e. The minimum absolute atomic E-state index is 0.254. The molecule has 104 valence electrons. The van der Waals surface area contributed by atoms with Gasteiger partial charge in [0.15, 0.2) is 6.04 Å². The standard InChI is InChI=1S/C11H12Cl2N2O4/c1-5(16)9(10(17)18)15-11(19)14-6-2-3-7(12)8(13)4-6/h2-5,9,16H,1H3,(H,17,18)(H2,14,15,19)/t5-,9+/m1/s1. The maximum absolute atomic E-state index is 11.6. The van der Waals surface area contributed by atoms with Crippen molar-refractivity contribution >= 4 is 40.9 Å². The minimum Gasteiger partial charge on any atom is -0.480 e. The summed E-state index contributed by atoms with van der Waals surface area (Å²) in [7, 11) is 0. The van der Waals surface area contributed by atoms with Crippen LogP contribution in [-0.2, 0) is 4.79 Å². The molecule has 0 aliphatic rings. The second-order valence-corrected chi connectivity index (χ2v) is 4.60. The molecule has 2 amide bonds. The molecule has 0 radical (unpaired) electrons. The third-order valence-corrected chi connectivity index (χ3v) is 2.95. The van der Waals surface area contributed by atoms with E-state index in [0.29, 0.717) is 10.7 Å². The third kappa shape index (κ3) is 4.59. The highest BCUT2D eigenvalue weighted by Gasteiger charge is 2.24. The van der Waals surface area contributed by atoms with Crippen molar-refractivity contribution in [2.75, 3.05) is 5.32 Å². The molecule has 0 aromatic heterocycles. The van der Waals surface area contributed by atoms with Crippen molar-refractivity contribution in [1.29, 1.82) is 0 Å². The number of anilines is 1. The number of hydrogen-bond acceptors (Lipinski definition) is 3. The van der Waals surface area contributed by atoms with E-state index in [0.717, 1.165) is 0 Å². The van der Waals surface area contributed by atoms with E-state index in [-0.39, 0.29) is 5.02 Å². The Morgan fingerprint density at radius 1 is 1.26 bits per heavy atom.